The molecule has 1 atom stereocenters. The lowest BCUT2D eigenvalue weighted by molar-refractivity contribution is -0.144. The summed E-state index contributed by atoms with van der Waals surface area (Å²) in [5.74, 6) is -0.815. The number of nitrogens with zero attached hydrogens (tertiary/aromatic N) is 1. The van der Waals surface area contributed by atoms with Gasteiger partial charge in [-0.25, -0.2) is 0 Å². The van der Waals surface area contributed by atoms with Gasteiger partial charge in [0.2, 0.25) is 5.91 Å². The molecule has 0 radical (unpaired) electrons. The van der Waals surface area contributed by atoms with Gasteiger partial charge in [0.1, 0.15) is 11.8 Å². The number of amides is 2. The summed E-state index contributed by atoms with van der Waals surface area (Å²) in [6.07, 6.45) is 2.88. The zero-order valence-electron chi connectivity index (χ0n) is 16.7. The molecule has 29 heavy (non-hydrogen) atoms. The van der Waals surface area contributed by atoms with Crippen molar-refractivity contribution in [3.63, 3.8) is 0 Å². The third-order valence-corrected chi connectivity index (χ3v) is 4.87. The number of carbonyl (C=O) groups is 3. The number of piperazine rings is 1. The van der Waals surface area contributed by atoms with Crippen LogP contribution in [0.3, 0.4) is 0 Å². The lowest BCUT2D eigenvalue weighted by atomic mass is 10.1. The number of para-hydroxylation sites is 1. The summed E-state index contributed by atoms with van der Waals surface area (Å²) in [4.78, 5) is 38.2. The number of esters is 1. The standard InChI is InChI=1S/C20H27N3O5S/c1-3-4-7-12-28-16-9-6-5-8-14(16)18(25)22-20(29)23-11-10-21-19(26)15(23)13-17(24)27-2/h5-6,8-9,15H,3-4,7,10-13H2,1-2H3,(H,21,26)(H,22,25,29)/t15-/m0/s1. The molecular formula is C20H27N3O5S. The largest absolute Gasteiger partial charge is 0.493 e. The normalized spacial score (nSPS) is 16.0. The number of ether oxygens (including phenoxy) is 2. The van der Waals surface area contributed by atoms with Crippen molar-refractivity contribution in [2.24, 2.45) is 0 Å². The Bertz CT molecular complexity index is 755. The van der Waals surface area contributed by atoms with Crippen LogP contribution in [0.25, 0.3) is 0 Å². The average Bonchev–Trinajstić information content (AvgIpc) is 2.72. The van der Waals surface area contributed by atoms with Crippen LogP contribution in [0.4, 0.5) is 0 Å². The van der Waals surface area contributed by atoms with Gasteiger partial charge in [0.25, 0.3) is 5.91 Å². The molecule has 1 heterocycles. The third kappa shape index (κ3) is 6.42. The Morgan fingerprint density at radius 1 is 1.31 bits per heavy atom. The first kappa shape index (κ1) is 22.6. The highest BCUT2D eigenvalue weighted by Crippen LogP contribution is 2.19. The summed E-state index contributed by atoms with van der Waals surface area (Å²) in [5.41, 5.74) is 0.359. The number of carbonyl (C=O) groups excluding carboxylic acids is 3. The number of hydrogen-bond acceptors (Lipinski definition) is 6. The van der Waals surface area contributed by atoms with Gasteiger partial charge in [-0.15, -0.1) is 0 Å². The van der Waals surface area contributed by atoms with Crippen LogP contribution in [0.15, 0.2) is 24.3 Å². The zero-order chi connectivity index (χ0) is 21.2. The van der Waals surface area contributed by atoms with E-state index in [0.29, 0.717) is 31.0 Å². The maximum Gasteiger partial charge on any atom is 0.308 e. The van der Waals surface area contributed by atoms with E-state index >= 15 is 0 Å². The van der Waals surface area contributed by atoms with Crippen LogP contribution in [0.1, 0.15) is 43.0 Å². The van der Waals surface area contributed by atoms with Crippen molar-refractivity contribution in [2.75, 3.05) is 26.8 Å². The van der Waals surface area contributed by atoms with Gasteiger partial charge in [0.05, 0.1) is 25.7 Å². The Balaban J connectivity index is 2.06. The highest BCUT2D eigenvalue weighted by atomic mass is 32.1. The van der Waals surface area contributed by atoms with E-state index in [1.165, 1.54) is 12.0 Å². The fourth-order valence-electron chi connectivity index (χ4n) is 2.95. The van der Waals surface area contributed by atoms with Crippen LogP contribution in [-0.2, 0) is 14.3 Å². The fourth-order valence-corrected chi connectivity index (χ4v) is 3.26. The summed E-state index contributed by atoms with van der Waals surface area (Å²) in [7, 11) is 1.25. The molecule has 1 saturated heterocycles. The maximum atomic E-state index is 12.8. The molecule has 2 amide bonds. The number of hydrogen-bond donors (Lipinski definition) is 2. The fraction of sp³-hybridized carbons (Fsp3) is 0.500. The van der Waals surface area contributed by atoms with Crippen LogP contribution in [-0.4, -0.2) is 60.6 Å². The first-order valence-electron chi connectivity index (χ1n) is 9.66. The summed E-state index contributed by atoms with van der Waals surface area (Å²) in [6.45, 7) is 3.37. The molecule has 8 nitrogen and oxygen atoms in total. The number of thiocarbonyl (C=S) groups is 1. The SMILES string of the molecule is CCCCCOc1ccccc1C(=O)NC(=S)N1CCNC(=O)[C@@H]1CC(=O)OC. The van der Waals surface area contributed by atoms with Crippen molar-refractivity contribution < 1.29 is 23.9 Å². The Kier molecular flexibility index (Phi) is 8.85. The van der Waals surface area contributed by atoms with Gasteiger partial charge in [0.15, 0.2) is 5.11 Å². The summed E-state index contributed by atoms with van der Waals surface area (Å²) in [6, 6.07) is 6.10. The van der Waals surface area contributed by atoms with Gasteiger partial charge in [-0.2, -0.15) is 0 Å². The van der Waals surface area contributed by atoms with Crippen molar-refractivity contribution in [1.29, 1.82) is 0 Å². The van der Waals surface area contributed by atoms with Crippen molar-refractivity contribution in [3.05, 3.63) is 29.8 Å². The molecular weight excluding hydrogens is 394 g/mol. The smallest absolute Gasteiger partial charge is 0.308 e. The van der Waals surface area contributed by atoms with E-state index in [-0.39, 0.29) is 17.4 Å². The monoisotopic (exact) mass is 421 g/mol. The second kappa shape index (κ2) is 11.4. The minimum atomic E-state index is -0.829. The van der Waals surface area contributed by atoms with Crippen molar-refractivity contribution in [1.82, 2.24) is 15.5 Å². The zero-order valence-corrected chi connectivity index (χ0v) is 17.5. The second-order valence-electron chi connectivity index (χ2n) is 6.59. The van der Waals surface area contributed by atoms with Gasteiger partial charge in [-0.05, 0) is 30.8 Å². The van der Waals surface area contributed by atoms with Crippen LogP contribution >= 0.6 is 12.2 Å². The topological polar surface area (TPSA) is 97.0 Å². The van der Waals surface area contributed by atoms with Gasteiger partial charge < -0.3 is 19.7 Å². The summed E-state index contributed by atoms with van der Waals surface area (Å²) >= 11 is 5.36. The molecule has 0 saturated carbocycles. The Morgan fingerprint density at radius 3 is 2.79 bits per heavy atom. The van der Waals surface area contributed by atoms with Crippen molar-refractivity contribution >= 4 is 35.1 Å². The van der Waals surface area contributed by atoms with Gasteiger partial charge in [-0.3, -0.25) is 19.7 Å². The van der Waals surface area contributed by atoms with E-state index in [4.69, 9.17) is 17.0 Å². The van der Waals surface area contributed by atoms with Crippen molar-refractivity contribution in [3.8, 4) is 5.75 Å². The highest BCUT2D eigenvalue weighted by Gasteiger charge is 2.34. The minimum Gasteiger partial charge on any atom is -0.493 e. The highest BCUT2D eigenvalue weighted by molar-refractivity contribution is 7.80. The van der Waals surface area contributed by atoms with Crippen molar-refractivity contribution in [2.45, 2.75) is 38.6 Å². The molecule has 0 aliphatic carbocycles. The summed E-state index contributed by atoms with van der Waals surface area (Å²) < 4.78 is 10.4. The van der Waals surface area contributed by atoms with E-state index < -0.39 is 17.9 Å². The van der Waals surface area contributed by atoms with E-state index in [0.717, 1.165) is 19.3 Å². The predicted octanol–water partition coefficient (Wildman–Crippen LogP) is 1.63. The van der Waals surface area contributed by atoms with E-state index in [1.807, 2.05) is 0 Å². The Morgan fingerprint density at radius 2 is 2.07 bits per heavy atom. The van der Waals surface area contributed by atoms with Gasteiger partial charge in [-0.1, -0.05) is 31.9 Å². The van der Waals surface area contributed by atoms with E-state index in [1.54, 1.807) is 24.3 Å². The molecule has 2 N–H and O–H groups in total. The molecule has 0 spiro atoms. The van der Waals surface area contributed by atoms with Crippen LogP contribution < -0.4 is 15.4 Å². The van der Waals surface area contributed by atoms with E-state index in [9.17, 15) is 14.4 Å². The number of methoxy groups -OCH3 is 1. The molecule has 0 unspecified atom stereocenters. The number of unbranched alkanes of at least 4 members (excludes halogenated alkanes) is 2. The molecule has 1 fully saturated rings. The average molecular weight is 422 g/mol. The van der Waals surface area contributed by atoms with Gasteiger partial charge >= 0.3 is 5.97 Å². The molecule has 9 heteroatoms. The number of nitrogens with one attached hydrogen (secondary N) is 2. The molecule has 158 valence electrons. The Labute approximate surface area is 175 Å². The molecule has 1 aromatic rings. The summed E-state index contributed by atoms with van der Waals surface area (Å²) in [5, 5.41) is 5.43. The number of rotatable bonds is 8. The number of benzene rings is 1. The maximum absolute atomic E-state index is 12.8. The predicted molar refractivity (Wildman–Crippen MR) is 112 cm³/mol. The molecule has 2 rings (SSSR count). The van der Waals surface area contributed by atoms with Crippen LogP contribution in [0.5, 0.6) is 5.75 Å². The molecule has 0 aromatic heterocycles. The molecule has 1 aliphatic rings. The molecule has 1 aromatic carbocycles. The third-order valence-electron chi connectivity index (χ3n) is 4.54. The van der Waals surface area contributed by atoms with Crippen LogP contribution in [0.2, 0.25) is 0 Å². The van der Waals surface area contributed by atoms with Gasteiger partial charge in [0, 0.05) is 13.1 Å². The second-order valence-corrected chi connectivity index (χ2v) is 6.98. The lowest BCUT2D eigenvalue weighted by Gasteiger charge is -2.36. The Hall–Kier alpha value is -2.68. The first-order valence-corrected chi connectivity index (χ1v) is 10.1. The van der Waals surface area contributed by atoms with E-state index in [2.05, 4.69) is 22.3 Å². The lowest BCUT2D eigenvalue weighted by Crippen LogP contribution is -2.60. The molecule has 1 aliphatic heterocycles. The van der Waals surface area contributed by atoms with Crippen LogP contribution in [0, 0.1) is 0 Å². The first-order chi connectivity index (χ1) is 14.0. The molecule has 0 bridgehead atoms. The quantitative estimate of drug-likeness (QED) is 0.374. The minimum absolute atomic E-state index is 0.0829.